The van der Waals surface area contributed by atoms with Crippen molar-refractivity contribution in [1.29, 1.82) is 0 Å². The molecule has 0 saturated heterocycles. The summed E-state index contributed by atoms with van der Waals surface area (Å²) < 4.78 is 25.9. The minimum Gasteiger partial charge on any atom is -0.326 e. The molecule has 0 aliphatic carbocycles. The van der Waals surface area contributed by atoms with E-state index < -0.39 is 26.5 Å². The second-order valence-electron chi connectivity index (χ2n) is 4.31. The van der Waals surface area contributed by atoms with Gasteiger partial charge in [-0.25, -0.2) is 13.1 Å². The highest BCUT2D eigenvalue weighted by Crippen LogP contribution is 2.33. The van der Waals surface area contributed by atoms with Gasteiger partial charge in [0.25, 0.3) is 21.6 Å². The molecule has 1 aromatic carbocycles. The van der Waals surface area contributed by atoms with Crippen LogP contribution in [0.4, 0.5) is 5.69 Å². The van der Waals surface area contributed by atoms with Crippen LogP contribution < -0.4 is 10.5 Å². The van der Waals surface area contributed by atoms with Gasteiger partial charge in [0.15, 0.2) is 4.34 Å². The molecule has 8 nitrogen and oxygen atoms in total. The fourth-order valence-electron chi connectivity index (χ4n) is 1.63. The zero-order valence-corrected chi connectivity index (χ0v) is 13.7. The van der Waals surface area contributed by atoms with Crippen molar-refractivity contribution in [2.45, 2.75) is 11.4 Å². The van der Waals surface area contributed by atoms with E-state index in [4.69, 9.17) is 17.3 Å². The average Bonchev–Trinajstić information content (AvgIpc) is 2.89. The molecule has 11 heteroatoms. The van der Waals surface area contributed by atoms with Gasteiger partial charge >= 0.3 is 0 Å². The van der Waals surface area contributed by atoms with Gasteiger partial charge in [0, 0.05) is 12.6 Å². The average molecular weight is 376 g/mol. The van der Waals surface area contributed by atoms with Gasteiger partial charge in [0.05, 0.1) is 9.82 Å². The molecule has 0 aliphatic rings. The lowest BCUT2D eigenvalue weighted by Crippen LogP contribution is -2.30. The first-order valence-electron chi connectivity index (χ1n) is 6.04. The van der Waals surface area contributed by atoms with Crippen LogP contribution in [0.25, 0.3) is 0 Å². The zero-order valence-electron chi connectivity index (χ0n) is 11.4. The molecule has 23 heavy (non-hydrogen) atoms. The normalized spacial score (nSPS) is 11.2. The molecular weight excluding hydrogens is 366 g/mol. The van der Waals surface area contributed by atoms with E-state index in [0.717, 1.165) is 11.6 Å². The van der Waals surface area contributed by atoms with Crippen molar-refractivity contribution in [3.8, 4) is 0 Å². The van der Waals surface area contributed by atoms with Gasteiger partial charge in [-0.15, -0.1) is 11.3 Å². The van der Waals surface area contributed by atoms with Crippen molar-refractivity contribution < 1.29 is 18.1 Å². The minimum atomic E-state index is -4.10. The predicted octanol–water partition coefficient (Wildman–Crippen LogP) is 1.89. The zero-order chi connectivity index (χ0) is 17.2. The summed E-state index contributed by atoms with van der Waals surface area (Å²) >= 11 is 6.26. The van der Waals surface area contributed by atoms with Crippen molar-refractivity contribution >= 4 is 44.6 Å². The fraction of sp³-hybridized carbons (Fsp3) is 0.0833. The van der Waals surface area contributed by atoms with E-state index in [1.54, 1.807) is 0 Å². The first-order chi connectivity index (χ1) is 10.7. The van der Waals surface area contributed by atoms with Crippen LogP contribution in [0.3, 0.4) is 0 Å². The molecule has 0 unspecified atom stereocenters. The van der Waals surface area contributed by atoms with Gasteiger partial charge < -0.3 is 5.73 Å². The van der Waals surface area contributed by atoms with Crippen LogP contribution in [-0.4, -0.2) is 19.2 Å². The van der Waals surface area contributed by atoms with E-state index in [0.29, 0.717) is 11.3 Å². The molecule has 1 amide bonds. The predicted molar refractivity (Wildman–Crippen MR) is 85.0 cm³/mol. The number of hydrogen-bond donors (Lipinski definition) is 2. The number of nitrogens with one attached hydrogen (secondary N) is 1. The Morgan fingerprint density at radius 2 is 1.96 bits per heavy atom. The Balaban J connectivity index is 2.24. The molecule has 0 spiro atoms. The summed E-state index contributed by atoms with van der Waals surface area (Å²) in [4.78, 5) is 21.6. The van der Waals surface area contributed by atoms with Crippen LogP contribution in [-0.2, 0) is 16.6 Å². The highest BCUT2D eigenvalue weighted by atomic mass is 35.5. The summed E-state index contributed by atoms with van der Waals surface area (Å²) in [7, 11) is -4.10. The first kappa shape index (κ1) is 17.3. The number of amides is 1. The van der Waals surface area contributed by atoms with Gasteiger partial charge in [-0.1, -0.05) is 23.7 Å². The SMILES string of the molecule is NCc1ccc(S(=O)(=O)NC(=O)c2cc([N+](=O)[O-])c(Cl)s2)cc1. The number of carbonyl (C=O) groups excluding carboxylic acids is 1. The van der Waals surface area contributed by atoms with Crippen LogP contribution in [0.5, 0.6) is 0 Å². The number of nitro groups is 1. The number of halogens is 1. The summed E-state index contributed by atoms with van der Waals surface area (Å²) in [6.07, 6.45) is 0. The van der Waals surface area contributed by atoms with E-state index in [1.807, 2.05) is 4.72 Å². The molecule has 122 valence electrons. The molecule has 1 aromatic heterocycles. The lowest BCUT2D eigenvalue weighted by atomic mass is 10.2. The molecule has 2 aromatic rings. The molecule has 0 bridgehead atoms. The second-order valence-corrected chi connectivity index (χ2v) is 7.65. The van der Waals surface area contributed by atoms with Crippen molar-refractivity contribution in [3.05, 3.63) is 55.2 Å². The Morgan fingerprint density at radius 1 is 1.35 bits per heavy atom. The Bertz CT molecular complexity index is 861. The van der Waals surface area contributed by atoms with Crippen LogP contribution in [0.2, 0.25) is 4.34 Å². The maximum atomic E-state index is 12.1. The standard InChI is InChI=1S/C12H10ClN3O5S2/c13-11-9(16(18)19)5-10(22-11)12(17)15-23(20,21)8-3-1-7(6-14)2-4-8/h1-5H,6,14H2,(H,15,17). The number of nitrogens with zero attached hydrogens (tertiary/aromatic N) is 1. The summed E-state index contributed by atoms with van der Waals surface area (Å²) in [6, 6.07) is 6.58. The minimum absolute atomic E-state index is 0.125. The molecule has 3 N–H and O–H groups in total. The van der Waals surface area contributed by atoms with Gasteiger partial charge in [-0.05, 0) is 17.7 Å². The molecule has 0 aliphatic heterocycles. The quantitative estimate of drug-likeness (QED) is 0.605. The molecule has 0 radical (unpaired) electrons. The molecular formula is C12H10ClN3O5S2. The third kappa shape index (κ3) is 3.85. The van der Waals surface area contributed by atoms with Crippen LogP contribution in [0.1, 0.15) is 15.2 Å². The number of nitrogens with two attached hydrogens (primary N) is 1. The lowest BCUT2D eigenvalue weighted by molar-refractivity contribution is -0.384. The largest absolute Gasteiger partial charge is 0.326 e. The number of benzene rings is 1. The summed E-state index contributed by atoms with van der Waals surface area (Å²) in [6.45, 7) is 0.254. The van der Waals surface area contributed by atoms with E-state index in [2.05, 4.69) is 0 Å². The second kappa shape index (κ2) is 6.62. The highest BCUT2D eigenvalue weighted by molar-refractivity contribution is 7.90. The monoisotopic (exact) mass is 375 g/mol. The fourth-order valence-corrected chi connectivity index (χ4v) is 3.78. The topological polar surface area (TPSA) is 132 Å². The van der Waals surface area contributed by atoms with E-state index in [1.165, 1.54) is 24.3 Å². The van der Waals surface area contributed by atoms with Crippen molar-refractivity contribution in [1.82, 2.24) is 4.72 Å². The molecule has 0 saturated carbocycles. The third-order valence-corrected chi connectivity index (χ3v) is 5.47. The highest BCUT2D eigenvalue weighted by Gasteiger charge is 2.24. The Morgan fingerprint density at radius 3 is 2.43 bits per heavy atom. The third-order valence-electron chi connectivity index (χ3n) is 2.79. The van der Waals surface area contributed by atoms with E-state index in [-0.39, 0.29) is 20.7 Å². The van der Waals surface area contributed by atoms with Crippen LogP contribution >= 0.6 is 22.9 Å². The molecule has 0 fully saturated rings. The van der Waals surface area contributed by atoms with Gasteiger partial charge in [-0.3, -0.25) is 14.9 Å². The van der Waals surface area contributed by atoms with Gasteiger partial charge in [-0.2, -0.15) is 0 Å². The van der Waals surface area contributed by atoms with Gasteiger partial charge in [0.2, 0.25) is 0 Å². The summed E-state index contributed by atoms with van der Waals surface area (Å²) in [5, 5.41) is 10.7. The van der Waals surface area contributed by atoms with E-state index >= 15 is 0 Å². The van der Waals surface area contributed by atoms with Crippen LogP contribution in [0.15, 0.2) is 35.2 Å². The number of thiophene rings is 1. The number of sulfonamides is 1. The molecule has 0 atom stereocenters. The molecule has 2 rings (SSSR count). The summed E-state index contributed by atoms with van der Waals surface area (Å²) in [5.74, 6) is -0.993. The lowest BCUT2D eigenvalue weighted by Gasteiger charge is -2.06. The first-order valence-corrected chi connectivity index (χ1v) is 8.72. The number of rotatable bonds is 5. The van der Waals surface area contributed by atoms with Crippen molar-refractivity contribution in [2.75, 3.05) is 0 Å². The van der Waals surface area contributed by atoms with Crippen LogP contribution in [0, 0.1) is 10.1 Å². The summed E-state index contributed by atoms with van der Waals surface area (Å²) in [5.41, 5.74) is 5.70. The van der Waals surface area contributed by atoms with Crippen molar-refractivity contribution in [3.63, 3.8) is 0 Å². The number of carbonyl (C=O) groups is 1. The number of hydrogen-bond acceptors (Lipinski definition) is 7. The maximum absolute atomic E-state index is 12.1. The Kier molecular flexibility index (Phi) is 5.00. The smallest absolute Gasteiger partial charge is 0.299 e. The van der Waals surface area contributed by atoms with Gasteiger partial charge in [0.1, 0.15) is 4.88 Å². The molecule has 1 heterocycles. The Labute approximate surface area is 140 Å². The maximum Gasteiger partial charge on any atom is 0.299 e. The Hall–Kier alpha value is -2.01. The van der Waals surface area contributed by atoms with Crippen molar-refractivity contribution in [2.24, 2.45) is 5.73 Å². The van der Waals surface area contributed by atoms with E-state index in [9.17, 15) is 23.3 Å².